The molecule has 0 spiro atoms. The average molecular weight is 463 g/mol. The van der Waals surface area contributed by atoms with E-state index in [0.29, 0.717) is 12.8 Å². The second-order valence-electron chi connectivity index (χ2n) is 7.62. The molecule has 0 N–H and O–H groups in total. The predicted molar refractivity (Wildman–Crippen MR) is 112 cm³/mol. The lowest BCUT2D eigenvalue weighted by Gasteiger charge is -2.40. The Bertz CT molecular complexity index is 1280. The molecule has 2 aliphatic rings. The number of aryl methyl sites for hydroxylation is 1. The van der Waals surface area contributed by atoms with E-state index in [0.717, 1.165) is 16.8 Å². The molecule has 11 heteroatoms. The first-order valence-corrected chi connectivity index (χ1v) is 11.6. The van der Waals surface area contributed by atoms with Crippen molar-refractivity contribution in [3.63, 3.8) is 0 Å². The number of ether oxygens (including phenoxy) is 1. The minimum Gasteiger partial charge on any atom is -0.444 e. The number of halogens is 1. The lowest BCUT2D eigenvalue weighted by molar-refractivity contribution is 0.135. The van der Waals surface area contributed by atoms with Gasteiger partial charge in [-0.15, -0.1) is 0 Å². The topological polar surface area (TPSA) is 106 Å². The van der Waals surface area contributed by atoms with Crippen molar-refractivity contribution >= 4 is 44.4 Å². The maximum atomic E-state index is 13.3. The summed E-state index contributed by atoms with van der Waals surface area (Å²) in [5.74, 6) is 0. The molecule has 9 nitrogen and oxygen atoms in total. The molecule has 1 fully saturated rings. The second-order valence-corrected chi connectivity index (χ2v) is 9.88. The lowest BCUT2D eigenvalue weighted by Crippen LogP contribution is -2.50. The first-order valence-electron chi connectivity index (χ1n) is 9.81. The van der Waals surface area contributed by atoms with Crippen molar-refractivity contribution in [2.24, 2.45) is 0 Å². The van der Waals surface area contributed by atoms with Crippen LogP contribution in [0, 0.1) is 6.92 Å². The SMILES string of the molecule is Cc1cccc2c1N(C1CCN(S(=O)(=O)c3ncc(Cl)c4oncc34)CC1)C(=O)OC2. The van der Waals surface area contributed by atoms with Gasteiger partial charge in [0, 0.05) is 24.7 Å². The standard InChI is InChI=1S/C20H19ClN4O5S/c1-12-3-2-4-13-11-29-20(26)25(17(12)13)14-5-7-24(8-6-14)31(27,28)19-15-9-23-30-18(15)16(21)10-22-19/h2-4,9-10,14H,5-8,11H2,1H3. The van der Waals surface area contributed by atoms with E-state index < -0.39 is 16.1 Å². The normalized spacial score (nSPS) is 18.3. The average Bonchev–Trinajstić information content (AvgIpc) is 3.25. The number of pyridine rings is 1. The first-order chi connectivity index (χ1) is 14.9. The van der Waals surface area contributed by atoms with Gasteiger partial charge in [0.2, 0.25) is 0 Å². The number of nitrogens with zero attached hydrogens (tertiary/aromatic N) is 4. The monoisotopic (exact) mass is 462 g/mol. The zero-order chi connectivity index (χ0) is 21.8. The van der Waals surface area contributed by atoms with Crippen molar-refractivity contribution < 1.29 is 22.5 Å². The third-order valence-electron chi connectivity index (χ3n) is 5.80. The van der Waals surface area contributed by atoms with Crippen LogP contribution in [-0.2, 0) is 21.4 Å². The Morgan fingerprint density at radius 2 is 1.97 bits per heavy atom. The number of anilines is 1. The number of carbonyl (C=O) groups excluding carboxylic acids is 1. The van der Waals surface area contributed by atoms with Crippen LogP contribution in [0.25, 0.3) is 11.0 Å². The van der Waals surface area contributed by atoms with Crippen LogP contribution in [0.3, 0.4) is 0 Å². The Labute approximate surface area is 183 Å². The number of cyclic esters (lactones) is 1. The summed E-state index contributed by atoms with van der Waals surface area (Å²) in [6, 6.07) is 5.68. The number of para-hydroxylation sites is 1. The van der Waals surface area contributed by atoms with E-state index in [1.165, 1.54) is 16.7 Å². The van der Waals surface area contributed by atoms with Gasteiger partial charge < -0.3 is 9.26 Å². The summed E-state index contributed by atoms with van der Waals surface area (Å²) in [5, 5.41) is 3.96. The maximum Gasteiger partial charge on any atom is 0.414 e. The molecule has 0 radical (unpaired) electrons. The van der Waals surface area contributed by atoms with Crippen LogP contribution in [0.4, 0.5) is 10.5 Å². The Hall–Kier alpha value is -2.69. The summed E-state index contributed by atoms with van der Waals surface area (Å²) < 4.78 is 38.3. The van der Waals surface area contributed by atoms with E-state index >= 15 is 0 Å². The van der Waals surface area contributed by atoms with Crippen LogP contribution in [0.1, 0.15) is 24.0 Å². The third-order valence-corrected chi connectivity index (χ3v) is 7.92. The summed E-state index contributed by atoms with van der Waals surface area (Å²) >= 11 is 6.03. The number of hydrogen-bond donors (Lipinski definition) is 0. The Morgan fingerprint density at radius 3 is 2.74 bits per heavy atom. The molecule has 31 heavy (non-hydrogen) atoms. The van der Waals surface area contributed by atoms with Crippen molar-refractivity contribution in [3.8, 4) is 0 Å². The first kappa shape index (κ1) is 20.2. The zero-order valence-electron chi connectivity index (χ0n) is 16.6. The molecule has 4 heterocycles. The van der Waals surface area contributed by atoms with E-state index in [9.17, 15) is 13.2 Å². The predicted octanol–water partition coefficient (Wildman–Crippen LogP) is 3.49. The zero-order valence-corrected chi connectivity index (χ0v) is 18.2. The van der Waals surface area contributed by atoms with Gasteiger partial charge in [-0.1, -0.05) is 35.0 Å². The number of fused-ring (bicyclic) bond motifs is 2. The van der Waals surface area contributed by atoms with Gasteiger partial charge in [0.05, 0.1) is 23.5 Å². The van der Waals surface area contributed by atoms with Crippen molar-refractivity contribution in [1.82, 2.24) is 14.4 Å². The molecule has 1 amide bonds. The van der Waals surface area contributed by atoms with Crippen molar-refractivity contribution in [1.29, 1.82) is 0 Å². The highest BCUT2D eigenvalue weighted by Gasteiger charge is 2.38. The summed E-state index contributed by atoms with van der Waals surface area (Å²) in [7, 11) is -3.88. The van der Waals surface area contributed by atoms with Crippen LogP contribution < -0.4 is 4.90 Å². The van der Waals surface area contributed by atoms with E-state index in [4.69, 9.17) is 20.9 Å². The van der Waals surface area contributed by atoms with Gasteiger partial charge in [0.1, 0.15) is 11.6 Å². The van der Waals surface area contributed by atoms with Crippen molar-refractivity contribution in [2.45, 2.75) is 37.4 Å². The molecule has 0 atom stereocenters. The van der Waals surface area contributed by atoms with E-state index in [2.05, 4.69) is 10.1 Å². The number of sulfonamides is 1. The van der Waals surface area contributed by atoms with Gasteiger partial charge in [-0.25, -0.2) is 18.2 Å². The van der Waals surface area contributed by atoms with E-state index in [-0.39, 0.29) is 46.8 Å². The highest BCUT2D eigenvalue weighted by atomic mass is 35.5. The van der Waals surface area contributed by atoms with Gasteiger partial charge >= 0.3 is 6.09 Å². The van der Waals surface area contributed by atoms with Gasteiger partial charge in [0.25, 0.3) is 10.0 Å². The van der Waals surface area contributed by atoms with Gasteiger partial charge in [-0.2, -0.15) is 4.31 Å². The molecular formula is C20H19ClN4O5S. The van der Waals surface area contributed by atoms with Crippen LogP contribution in [-0.4, -0.2) is 48.1 Å². The fourth-order valence-electron chi connectivity index (χ4n) is 4.29. The molecule has 2 aliphatic heterocycles. The largest absolute Gasteiger partial charge is 0.444 e. The summed E-state index contributed by atoms with van der Waals surface area (Å²) in [6.45, 7) is 2.70. The number of amides is 1. The number of benzene rings is 1. The fraction of sp³-hybridized carbons (Fsp3) is 0.350. The molecule has 0 bridgehead atoms. The quantitative estimate of drug-likeness (QED) is 0.586. The van der Waals surface area contributed by atoms with Gasteiger partial charge in [-0.05, 0) is 25.3 Å². The number of hydrogen-bond acceptors (Lipinski definition) is 7. The number of piperidine rings is 1. The Morgan fingerprint density at radius 1 is 1.19 bits per heavy atom. The molecule has 1 aromatic carbocycles. The van der Waals surface area contributed by atoms with Crippen molar-refractivity contribution in [3.05, 3.63) is 46.7 Å². The lowest BCUT2D eigenvalue weighted by atomic mass is 10.00. The summed E-state index contributed by atoms with van der Waals surface area (Å²) in [5.41, 5.74) is 3.00. The van der Waals surface area contributed by atoms with Crippen LogP contribution in [0.5, 0.6) is 0 Å². The van der Waals surface area contributed by atoms with Crippen LogP contribution in [0.2, 0.25) is 5.02 Å². The minimum absolute atomic E-state index is 0.134. The van der Waals surface area contributed by atoms with Crippen LogP contribution >= 0.6 is 11.6 Å². The molecule has 0 aliphatic carbocycles. The van der Waals surface area contributed by atoms with Crippen LogP contribution in [0.15, 0.2) is 40.1 Å². The van der Waals surface area contributed by atoms with Gasteiger partial charge in [0.15, 0.2) is 10.6 Å². The van der Waals surface area contributed by atoms with Gasteiger partial charge in [-0.3, -0.25) is 4.90 Å². The minimum atomic E-state index is -3.88. The maximum absolute atomic E-state index is 13.3. The highest BCUT2D eigenvalue weighted by molar-refractivity contribution is 7.89. The van der Waals surface area contributed by atoms with Crippen molar-refractivity contribution in [2.75, 3.05) is 18.0 Å². The highest BCUT2D eigenvalue weighted by Crippen LogP contribution is 2.36. The molecule has 1 saturated heterocycles. The number of aromatic nitrogens is 2. The Balaban J connectivity index is 1.40. The molecule has 2 aromatic heterocycles. The molecule has 5 rings (SSSR count). The fourth-order valence-corrected chi connectivity index (χ4v) is 6.02. The summed E-state index contributed by atoms with van der Waals surface area (Å²) in [6.07, 6.45) is 3.11. The molecule has 3 aromatic rings. The third kappa shape index (κ3) is 3.26. The molecule has 0 saturated carbocycles. The summed E-state index contributed by atoms with van der Waals surface area (Å²) in [4.78, 5) is 18.3. The smallest absolute Gasteiger partial charge is 0.414 e. The molecule has 162 valence electrons. The van der Waals surface area contributed by atoms with E-state index in [1.807, 2.05) is 25.1 Å². The number of rotatable bonds is 3. The molecular weight excluding hydrogens is 444 g/mol. The molecule has 0 unspecified atom stereocenters. The Kier molecular flexibility index (Phi) is 4.87. The second kappa shape index (κ2) is 7.47. The van der Waals surface area contributed by atoms with E-state index in [1.54, 1.807) is 4.90 Å². The number of carbonyl (C=O) groups is 1.